The van der Waals surface area contributed by atoms with Crippen LogP contribution in [0, 0.1) is 6.92 Å². The van der Waals surface area contributed by atoms with Crippen LogP contribution in [0.5, 0.6) is 0 Å². The molecule has 4 heteroatoms. The first-order valence-corrected chi connectivity index (χ1v) is 5.16. The Bertz CT molecular complexity index is 325. The van der Waals surface area contributed by atoms with Crippen molar-refractivity contribution in [1.82, 2.24) is 10.3 Å². The number of anilines is 1. The maximum atomic E-state index is 11.4. The molecule has 0 aliphatic heterocycles. The molecule has 82 valence electrons. The molecule has 15 heavy (non-hydrogen) atoms. The molecule has 1 amide bonds. The third kappa shape index (κ3) is 4.08. The van der Waals surface area contributed by atoms with Crippen molar-refractivity contribution in [2.75, 3.05) is 18.4 Å². The zero-order valence-electron chi connectivity index (χ0n) is 9.21. The normalized spacial score (nSPS) is 10.0. The number of aromatic nitrogens is 1. The molecular weight excluding hydrogens is 190 g/mol. The molecule has 2 N–H and O–H groups in total. The largest absolute Gasteiger partial charge is 0.323 e. The van der Waals surface area contributed by atoms with Crippen LogP contribution in [0.2, 0.25) is 0 Å². The van der Waals surface area contributed by atoms with E-state index in [1.54, 1.807) is 6.20 Å². The van der Waals surface area contributed by atoms with Crippen molar-refractivity contribution < 1.29 is 4.79 Å². The number of pyridine rings is 1. The highest BCUT2D eigenvalue weighted by Gasteiger charge is 2.03. The van der Waals surface area contributed by atoms with Crippen molar-refractivity contribution in [2.24, 2.45) is 0 Å². The van der Waals surface area contributed by atoms with Crippen LogP contribution in [0.1, 0.15) is 19.0 Å². The highest BCUT2D eigenvalue weighted by molar-refractivity contribution is 5.92. The third-order valence-corrected chi connectivity index (χ3v) is 1.99. The van der Waals surface area contributed by atoms with E-state index in [0.29, 0.717) is 6.54 Å². The standard InChI is InChI=1S/C11H17N3O/c1-3-6-12-8-11(15)14-10-5-4-7-13-9(10)2/h4-5,7,12H,3,6,8H2,1-2H3,(H,14,15). The average molecular weight is 207 g/mol. The van der Waals surface area contributed by atoms with E-state index in [0.717, 1.165) is 24.3 Å². The van der Waals surface area contributed by atoms with Crippen LogP contribution >= 0.6 is 0 Å². The Morgan fingerprint density at radius 2 is 2.33 bits per heavy atom. The number of rotatable bonds is 5. The van der Waals surface area contributed by atoms with Gasteiger partial charge >= 0.3 is 0 Å². The van der Waals surface area contributed by atoms with Crippen molar-refractivity contribution in [3.05, 3.63) is 24.0 Å². The van der Waals surface area contributed by atoms with E-state index < -0.39 is 0 Å². The van der Waals surface area contributed by atoms with Crippen LogP contribution in [0.15, 0.2) is 18.3 Å². The van der Waals surface area contributed by atoms with Crippen LogP contribution in [-0.4, -0.2) is 24.0 Å². The number of amides is 1. The maximum absolute atomic E-state index is 11.4. The van der Waals surface area contributed by atoms with Gasteiger partial charge in [-0.05, 0) is 32.0 Å². The lowest BCUT2D eigenvalue weighted by Gasteiger charge is -2.07. The van der Waals surface area contributed by atoms with Gasteiger partial charge in [-0.15, -0.1) is 0 Å². The summed E-state index contributed by atoms with van der Waals surface area (Å²) in [7, 11) is 0. The molecule has 0 radical (unpaired) electrons. The third-order valence-electron chi connectivity index (χ3n) is 1.99. The molecule has 0 aliphatic carbocycles. The fourth-order valence-corrected chi connectivity index (χ4v) is 1.19. The summed E-state index contributed by atoms with van der Waals surface area (Å²) >= 11 is 0. The fourth-order valence-electron chi connectivity index (χ4n) is 1.19. The molecule has 1 heterocycles. The van der Waals surface area contributed by atoms with E-state index in [1.165, 1.54) is 0 Å². The minimum Gasteiger partial charge on any atom is -0.323 e. The van der Waals surface area contributed by atoms with Gasteiger partial charge in [0.2, 0.25) is 5.91 Å². The van der Waals surface area contributed by atoms with E-state index >= 15 is 0 Å². The summed E-state index contributed by atoms with van der Waals surface area (Å²) in [4.78, 5) is 15.5. The number of hydrogen-bond donors (Lipinski definition) is 2. The molecule has 0 fully saturated rings. The SMILES string of the molecule is CCCNCC(=O)Nc1cccnc1C. The second-order valence-corrected chi connectivity index (χ2v) is 3.36. The highest BCUT2D eigenvalue weighted by Crippen LogP contribution is 2.09. The number of nitrogens with one attached hydrogen (secondary N) is 2. The van der Waals surface area contributed by atoms with Gasteiger partial charge in [-0.1, -0.05) is 6.92 Å². The number of aryl methyl sites for hydroxylation is 1. The van der Waals surface area contributed by atoms with E-state index in [9.17, 15) is 4.79 Å². The van der Waals surface area contributed by atoms with E-state index in [4.69, 9.17) is 0 Å². The van der Waals surface area contributed by atoms with Gasteiger partial charge in [0.25, 0.3) is 0 Å². The van der Waals surface area contributed by atoms with Crippen molar-refractivity contribution in [1.29, 1.82) is 0 Å². The molecule has 1 rings (SSSR count). The van der Waals surface area contributed by atoms with Crippen molar-refractivity contribution in [3.63, 3.8) is 0 Å². The molecule has 0 bridgehead atoms. The summed E-state index contributed by atoms with van der Waals surface area (Å²) in [6, 6.07) is 3.65. The van der Waals surface area contributed by atoms with Gasteiger partial charge in [0, 0.05) is 6.20 Å². The summed E-state index contributed by atoms with van der Waals surface area (Å²) in [5.41, 5.74) is 1.61. The summed E-state index contributed by atoms with van der Waals surface area (Å²) in [6.07, 6.45) is 2.74. The molecule has 0 aromatic carbocycles. The lowest BCUT2D eigenvalue weighted by Crippen LogP contribution is -2.28. The summed E-state index contributed by atoms with van der Waals surface area (Å²) < 4.78 is 0. The first kappa shape index (κ1) is 11.7. The summed E-state index contributed by atoms with van der Waals surface area (Å²) in [5.74, 6) is -0.0282. The summed E-state index contributed by atoms with van der Waals surface area (Å²) in [5, 5.41) is 5.85. The molecule has 4 nitrogen and oxygen atoms in total. The quantitative estimate of drug-likeness (QED) is 0.716. The van der Waals surface area contributed by atoms with Gasteiger partial charge < -0.3 is 10.6 Å². The summed E-state index contributed by atoms with van der Waals surface area (Å²) in [6.45, 7) is 5.15. The Morgan fingerprint density at radius 3 is 3.00 bits per heavy atom. The topological polar surface area (TPSA) is 54.0 Å². The molecule has 0 aliphatic rings. The minimum absolute atomic E-state index is 0.0282. The van der Waals surface area contributed by atoms with Gasteiger partial charge in [0.05, 0.1) is 17.9 Å². The van der Waals surface area contributed by atoms with E-state index in [-0.39, 0.29) is 5.91 Å². The molecule has 0 spiro atoms. The van der Waals surface area contributed by atoms with Crippen LogP contribution in [0.25, 0.3) is 0 Å². The molecule has 1 aromatic heterocycles. The van der Waals surface area contributed by atoms with Crippen molar-refractivity contribution in [3.8, 4) is 0 Å². The van der Waals surface area contributed by atoms with Crippen molar-refractivity contribution in [2.45, 2.75) is 20.3 Å². The van der Waals surface area contributed by atoms with Gasteiger partial charge in [-0.2, -0.15) is 0 Å². The maximum Gasteiger partial charge on any atom is 0.238 e. The van der Waals surface area contributed by atoms with Gasteiger partial charge in [0.1, 0.15) is 0 Å². The zero-order valence-corrected chi connectivity index (χ0v) is 9.21. The Hall–Kier alpha value is -1.42. The number of carbonyl (C=O) groups excluding carboxylic acids is 1. The molecule has 1 aromatic rings. The molecule has 0 unspecified atom stereocenters. The Morgan fingerprint density at radius 1 is 1.53 bits per heavy atom. The smallest absolute Gasteiger partial charge is 0.238 e. The van der Waals surface area contributed by atoms with Crippen LogP contribution < -0.4 is 10.6 Å². The van der Waals surface area contributed by atoms with Crippen LogP contribution in [0.4, 0.5) is 5.69 Å². The lowest BCUT2D eigenvalue weighted by atomic mass is 10.3. The Labute approximate surface area is 90.1 Å². The van der Waals surface area contributed by atoms with Gasteiger partial charge in [-0.3, -0.25) is 9.78 Å². The second kappa shape index (κ2) is 6.14. The minimum atomic E-state index is -0.0282. The highest BCUT2D eigenvalue weighted by atomic mass is 16.1. The van der Waals surface area contributed by atoms with Crippen LogP contribution in [0.3, 0.4) is 0 Å². The number of nitrogens with zero attached hydrogens (tertiary/aromatic N) is 1. The number of hydrogen-bond acceptors (Lipinski definition) is 3. The fraction of sp³-hybridized carbons (Fsp3) is 0.455. The van der Waals surface area contributed by atoms with Crippen molar-refractivity contribution >= 4 is 11.6 Å². The number of carbonyl (C=O) groups is 1. The average Bonchev–Trinajstić information content (AvgIpc) is 2.22. The second-order valence-electron chi connectivity index (χ2n) is 3.36. The van der Waals surface area contributed by atoms with Gasteiger partial charge in [0.15, 0.2) is 0 Å². The predicted octanol–water partition coefficient (Wildman–Crippen LogP) is 1.33. The molecule has 0 atom stereocenters. The molecule has 0 saturated carbocycles. The first-order chi connectivity index (χ1) is 7.24. The molecular formula is C11H17N3O. The Kier molecular flexibility index (Phi) is 4.77. The predicted molar refractivity (Wildman–Crippen MR) is 60.8 cm³/mol. The Balaban J connectivity index is 2.41. The van der Waals surface area contributed by atoms with E-state index in [1.807, 2.05) is 19.1 Å². The first-order valence-electron chi connectivity index (χ1n) is 5.16. The zero-order chi connectivity index (χ0) is 11.1. The monoisotopic (exact) mass is 207 g/mol. The molecule has 0 saturated heterocycles. The lowest BCUT2D eigenvalue weighted by molar-refractivity contribution is -0.115. The van der Waals surface area contributed by atoms with E-state index in [2.05, 4.69) is 22.5 Å². The van der Waals surface area contributed by atoms with Crippen LogP contribution in [-0.2, 0) is 4.79 Å². The van der Waals surface area contributed by atoms with Gasteiger partial charge in [-0.25, -0.2) is 0 Å².